The quantitative estimate of drug-likeness (QED) is 0.741. The lowest BCUT2D eigenvalue weighted by atomic mass is 9.99. The Hall–Kier alpha value is -1.93. The fraction of sp³-hybridized carbons (Fsp3) is 0.467. The van der Waals surface area contributed by atoms with Gasteiger partial charge in [-0.3, -0.25) is 4.79 Å². The van der Waals surface area contributed by atoms with E-state index in [1.807, 2.05) is 0 Å². The number of carboxylic acid groups (broad SMARTS) is 1. The first-order chi connectivity index (χ1) is 10.9. The number of carbonyl (C=O) groups excluding carboxylic acids is 2. The van der Waals surface area contributed by atoms with E-state index in [0.29, 0.717) is 19.4 Å². The van der Waals surface area contributed by atoms with E-state index < -0.39 is 21.9 Å². The maximum absolute atomic E-state index is 12.6. The molecular weight excluding hydrogens is 320 g/mol. The largest absolute Gasteiger partial charge is 0.550 e. The molecule has 0 unspecified atom stereocenters. The van der Waals surface area contributed by atoms with Crippen molar-refractivity contribution in [1.29, 1.82) is 0 Å². The van der Waals surface area contributed by atoms with Gasteiger partial charge in [0.1, 0.15) is 0 Å². The third-order valence-electron chi connectivity index (χ3n) is 3.76. The summed E-state index contributed by atoms with van der Waals surface area (Å²) in [6.07, 6.45) is 0.910. The highest BCUT2D eigenvalue weighted by Crippen LogP contribution is 2.23. The number of hydrogen-bond acceptors (Lipinski definition) is 5. The highest BCUT2D eigenvalue weighted by molar-refractivity contribution is 7.89. The van der Waals surface area contributed by atoms with E-state index in [0.717, 1.165) is 0 Å². The summed E-state index contributed by atoms with van der Waals surface area (Å²) in [6.45, 7) is 0.470. The van der Waals surface area contributed by atoms with Gasteiger partial charge in [-0.05, 0) is 25.0 Å². The van der Waals surface area contributed by atoms with Gasteiger partial charge in [-0.15, -0.1) is 0 Å². The van der Waals surface area contributed by atoms with Crippen LogP contribution in [-0.4, -0.2) is 44.2 Å². The molecule has 23 heavy (non-hydrogen) atoms. The van der Waals surface area contributed by atoms with Crippen LogP contribution in [0, 0.1) is 5.92 Å². The smallest absolute Gasteiger partial charge is 0.243 e. The summed E-state index contributed by atoms with van der Waals surface area (Å²) in [6, 6.07) is 8.10. The summed E-state index contributed by atoms with van der Waals surface area (Å²) in [5, 5.41) is 12.9. The van der Waals surface area contributed by atoms with Crippen LogP contribution in [0.4, 0.5) is 0 Å². The summed E-state index contributed by atoms with van der Waals surface area (Å²) in [4.78, 5) is 22.6. The highest BCUT2D eigenvalue weighted by Gasteiger charge is 2.33. The number of hydrogen-bond donors (Lipinski definition) is 1. The van der Waals surface area contributed by atoms with Crippen LogP contribution >= 0.6 is 0 Å². The van der Waals surface area contributed by atoms with E-state index in [4.69, 9.17) is 0 Å². The molecule has 1 fully saturated rings. The number of sulfonamides is 1. The van der Waals surface area contributed by atoms with Crippen LogP contribution in [-0.2, 0) is 19.6 Å². The minimum Gasteiger partial charge on any atom is -0.550 e. The summed E-state index contributed by atoms with van der Waals surface area (Å²) >= 11 is 0. The molecule has 1 amide bonds. The van der Waals surface area contributed by atoms with Gasteiger partial charge >= 0.3 is 0 Å². The second-order valence-corrected chi connectivity index (χ2v) is 7.37. The van der Waals surface area contributed by atoms with Gasteiger partial charge in [-0.2, -0.15) is 4.31 Å². The van der Waals surface area contributed by atoms with Gasteiger partial charge in [0, 0.05) is 32.0 Å². The van der Waals surface area contributed by atoms with Crippen LogP contribution in [0.5, 0.6) is 0 Å². The summed E-state index contributed by atoms with van der Waals surface area (Å²) in [5.74, 6) is -2.02. The normalized spacial score (nSPS) is 19.2. The van der Waals surface area contributed by atoms with E-state index in [2.05, 4.69) is 5.32 Å². The van der Waals surface area contributed by atoms with Gasteiger partial charge in [0.2, 0.25) is 15.9 Å². The van der Waals surface area contributed by atoms with Crippen LogP contribution in [0.3, 0.4) is 0 Å². The Bertz CT molecular complexity index is 660. The van der Waals surface area contributed by atoms with Crippen molar-refractivity contribution in [3.8, 4) is 0 Å². The number of benzene rings is 1. The first-order valence-electron chi connectivity index (χ1n) is 7.44. The van der Waals surface area contributed by atoms with Crippen LogP contribution in [0.15, 0.2) is 35.2 Å². The highest BCUT2D eigenvalue weighted by atomic mass is 32.2. The molecule has 7 nitrogen and oxygen atoms in total. The predicted molar refractivity (Wildman–Crippen MR) is 80.6 cm³/mol. The molecule has 0 spiro atoms. The van der Waals surface area contributed by atoms with Gasteiger partial charge in [0.05, 0.1) is 10.8 Å². The van der Waals surface area contributed by atoms with E-state index in [-0.39, 0.29) is 30.3 Å². The summed E-state index contributed by atoms with van der Waals surface area (Å²) in [7, 11) is -3.61. The number of rotatable bonds is 6. The molecule has 1 N–H and O–H groups in total. The van der Waals surface area contributed by atoms with Crippen LogP contribution in [0.1, 0.15) is 19.3 Å². The van der Waals surface area contributed by atoms with Crippen LogP contribution in [0.2, 0.25) is 0 Å². The van der Waals surface area contributed by atoms with E-state index in [1.165, 1.54) is 16.4 Å². The molecule has 1 saturated heterocycles. The van der Waals surface area contributed by atoms with Crippen LogP contribution < -0.4 is 10.4 Å². The first kappa shape index (κ1) is 17.4. The van der Waals surface area contributed by atoms with Crippen molar-refractivity contribution in [2.75, 3.05) is 19.6 Å². The van der Waals surface area contributed by atoms with Gasteiger partial charge in [0.25, 0.3) is 0 Å². The molecular formula is C15H19N2O5S-. The number of amides is 1. The zero-order valence-corrected chi connectivity index (χ0v) is 13.4. The second-order valence-electron chi connectivity index (χ2n) is 5.43. The third kappa shape index (κ3) is 4.52. The van der Waals surface area contributed by atoms with Crippen LogP contribution in [0.25, 0.3) is 0 Å². The minimum absolute atomic E-state index is 0.0108. The molecule has 0 aliphatic carbocycles. The molecule has 8 heteroatoms. The Morgan fingerprint density at radius 3 is 2.61 bits per heavy atom. The molecule has 1 heterocycles. The Balaban J connectivity index is 2.00. The Labute approximate surface area is 135 Å². The third-order valence-corrected chi connectivity index (χ3v) is 5.64. The molecule has 1 aromatic rings. The molecule has 0 aromatic heterocycles. The van der Waals surface area contributed by atoms with Crippen molar-refractivity contribution in [2.45, 2.75) is 24.2 Å². The summed E-state index contributed by atoms with van der Waals surface area (Å²) < 4.78 is 26.4. The van der Waals surface area contributed by atoms with Crippen molar-refractivity contribution in [1.82, 2.24) is 9.62 Å². The number of carbonyl (C=O) groups is 2. The maximum atomic E-state index is 12.6. The zero-order valence-electron chi connectivity index (χ0n) is 12.6. The lowest BCUT2D eigenvalue weighted by Crippen LogP contribution is -2.45. The fourth-order valence-electron chi connectivity index (χ4n) is 2.55. The van der Waals surface area contributed by atoms with Gasteiger partial charge in [0.15, 0.2) is 0 Å². The van der Waals surface area contributed by atoms with E-state index in [9.17, 15) is 23.1 Å². The Kier molecular flexibility index (Phi) is 5.73. The number of nitrogens with zero attached hydrogens (tertiary/aromatic N) is 1. The molecule has 126 valence electrons. The standard InChI is InChI=1S/C15H20N2O5S/c18-14(19)8-9-16-15(20)12-5-4-10-17(11-12)23(21,22)13-6-2-1-3-7-13/h1-3,6-7,12H,4-5,8-11H2,(H,16,20)(H,18,19)/p-1/t12-/m0/s1. The number of piperidine rings is 1. The molecule has 1 aromatic carbocycles. The lowest BCUT2D eigenvalue weighted by Gasteiger charge is -2.31. The van der Waals surface area contributed by atoms with Crippen molar-refractivity contribution in [3.05, 3.63) is 30.3 Å². The minimum atomic E-state index is -3.61. The molecule has 2 rings (SSSR count). The average molecular weight is 339 g/mol. The number of carboxylic acids is 1. The van der Waals surface area contributed by atoms with Crippen molar-refractivity contribution in [3.63, 3.8) is 0 Å². The maximum Gasteiger partial charge on any atom is 0.243 e. The molecule has 0 bridgehead atoms. The monoisotopic (exact) mass is 339 g/mol. The molecule has 1 aliphatic rings. The fourth-order valence-corrected chi connectivity index (χ4v) is 4.09. The summed E-state index contributed by atoms with van der Waals surface area (Å²) in [5.41, 5.74) is 0. The number of aliphatic carboxylic acids is 1. The van der Waals surface area contributed by atoms with Gasteiger partial charge in [-0.1, -0.05) is 18.2 Å². The van der Waals surface area contributed by atoms with Gasteiger partial charge < -0.3 is 15.2 Å². The molecule has 0 saturated carbocycles. The van der Waals surface area contributed by atoms with Gasteiger partial charge in [-0.25, -0.2) is 8.42 Å². The lowest BCUT2D eigenvalue weighted by molar-refractivity contribution is -0.305. The zero-order chi connectivity index (χ0) is 16.9. The van der Waals surface area contributed by atoms with Crippen molar-refractivity contribution in [2.24, 2.45) is 5.92 Å². The Morgan fingerprint density at radius 2 is 1.96 bits per heavy atom. The molecule has 0 radical (unpaired) electrons. The topological polar surface area (TPSA) is 107 Å². The second kappa shape index (κ2) is 7.56. The Morgan fingerprint density at radius 1 is 1.26 bits per heavy atom. The number of nitrogens with one attached hydrogen (secondary N) is 1. The van der Waals surface area contributed by atoms with Crippen molar-refractivity contribution < 1.29 is 23.1 Å². The SMILES string of the molecule is O=C([O-])CCNC(=O)[C@H]1CCCN(S(=O)(=O)c2ccccc2)C1. The van der Waals surface area contributed by atoms with E-state index >= 15 is 0 Å². The van der Waals surface area contributed by atoms with E-state index in [1.54, 1.807) is 18.2 Å². The molecule has 1 atom stereocenters. The average Bonchev–Trinajstić information content (AvgIpc) is 2.55. The van der Waals surface area contributed by atoms with Crippen molar-refractivity contribution >= 4 is 21.9 Å². The molecule has 1 aliphatic heterocycles. The first-order valence-corrected chi connectivity index (χ1v) is 8.88. The predicted octanol–water partition coefficient (Wildman–Crippen LogP) is -0.656.